The van der Waals surface area contributed by atoms with Crippen LogP contribution in [0.3, 0.4) is 0 Å². The molecule has 2 heterocycles. The summed E-state index contributed by atoms with van der Waals surface area (Å²) in [6, 6.07) is 7.34. The minimum atomic E-state index is -0.344. The quantitative estimate of drug-likeness (QED) is 0.740. The lowest BCUT2D eigenvalue weighted by molar-refractivity contribution is 0.533. The number of nitrogens with zero attached hydrogens (tertiary/aromatic N) is 2. The lowest BCUT2D eigenvalue weighted by Gasteiger charge is -2.05. The molecule has 0 radical (unpaired) electrons. The molecule has 0 aliphatic carbocycles. The third-order valence-electron chi connectivity index (χ3n) is 2.95. The molecule has 0 amide bonds. The highest BCUT2D eigenvalue weighted by Crippen LogP contribution is 2.24. The van der Waals surface area contributed by atoms with Crippen LogP contribution in [0.1, 0.15) is 17.0 Å². The van der Waals surface area contributed by atoms with Crippen molar-refractivity contribution in [2.45, 2.75) is 18.4 Å². The van der Waals surface area contributed by atoms with Crippen molar-refractivity contribution >= 4 is 28.7 Å². The molecule has 0 aliphatic heterocycles. The van der Waals surface area contributed by atoms with Crippen LogP contribution in [-0.4, -0.2) is 10.2 Å². The Hall–Kier alpha value is -2.28. The predicted octanol–water partition coefficient (Wildman–Crippen LogP) is 2.50. The molecule has 0 aliphatic rings. The van der Waals surface area contributed by atoms with E-state index in [2.05, 4.69) is 10.2 Å². The van der Waals surface area contributed by atoms with Crippen molar-refractivity contribution in [1.82, 2.24) is 10.2 Å². The van der Waals surface area contributed by atoms with E-state index in [4.69, 9.17) is 14.6 Å². The second-order valence-corrected chi connectivity index (χ2v) is 5.60. The van der Waals surface area contributed by atoms with Crippen molar-refractivity contribution in [3.63, 3.8) is 0 Å². The average Bonchev–Trinajstić information content (AvgIpc) is 2.85. The van der Waals surface area contributed by atoms with E-state index in [1.807, 2.05) is 25.1 Å². The summed E-state index contributed by atoms with van der Waals surface area (Å²) in [5.74, 6) is 1.66. The van der Waals surface area contributed by atoms with Gasteiger partial charge in [-0.3, -0.25) is 0 Å². The summed E-state index contributed by atoms with van der Waals surface area (Å²) in [6.45, 7) is 2.00. The van der Waals surface area contributed by atoms with E-state index in [9.17, 15) is 4.79 Å². The molecule has 6 nitrogen and oxygen atoms in total. The first-order valence-electron chi connectivity index (χ1n) is 6.31. The monoisotopic (exact) mass is 303 g/mol. The van der Waals surface area contributed by atoms with Gasteiger partial charge in [0.25, 0.3) is 0 Å². The van der Waals surface area contributed by atoms with Gasteiger partial charge in [0.1, 0.15) is 5.58 Å². The highest BCUT2D eigenvalue weighted by atomic mass is 32.2. The topological polar surface area (TPSA) is 95.2 Å². The summed E-state index contributed by atoms with van der Waals surface area (Å²) in [6.07, 6.45) is 0. The van der Waals surface area contributed by atoms with E-state index in [1.165, 1.54) is 6.07 Å². The fourth-order valence-electron chi connectivity index (χ4n) is 2.03. The summed E-state index contributed by atoms with van der Waals surface area (Å²) in [4.78, 5) is 11.6. The largest absolute Gasteiger partial charge is 0.423 e. The summed E-state index contributed by atoms with van der Waals surface area (Å²) in [5, 5.41) is 8.35. The molecule has 3 rings (SSSR count). The van der Waals surface area contributed by atoms with Gasteiger partial charge in [0, 0.05) is 17.2 Å². The molecule has 2 aromatic heterocycles. The number of nitrogen functional groups attached to an aromatic ring is 1. The SMILES string of the molecule is Cc1ccc2oc(=O)cc(CSCc3nnc(N)o3)c2c1. The van der Waals surface area contributed by atoms with Crippen LogP contribution in [0.25, 0.3) is 11.0 Å². The number of benzene rings is 1. The van der Waals surface area contributed by atoms with Gasteiger partial charge < -0.3 is 14.6 Å². The van der Waals surface area contributed by atoms with Gasteiger partial charge >= 0.3 is 11.6 Å². The number of hydrogen-bond donors (Lipinski definition) is 1. The number of aryl methyl sites for hydroxylation is 1. The lowest BCUT2D eigenvalue weighted by Crippen LogP contribution is -2.00. The van der Waals surface area contributed by atoms with Gasteiger partial charge in [-0.2, -0.15) is 0 Å². The maximum absolute atomic E-state index is 11.6. The molecule has 0 fully saturated rings. The van der Waals surface area contributed by atoms with Gasteiger partial charge in [-0.25, -0.2) is 4.79 Å². The van der Waals surface area contributed by atoms with Gasteiger partial charge in [-0.05, 0) is 24.6 Å². The molecule has 7 heteroatoms. The Morgan fingerprint density at radius 2 is 2.05 bits per heavy atom. The summed E-state index contributed by atoms with van der Waals surface area (Å²) < 4.78 is 10.3. The van der Waals surface area contributed by atoms with Gasteiger partial charge in [0.2, 0.25) is 5.89 Å². The van der Waals surface area contributed by atoms with Crippen molar-refractivity contribution in [1.29, 1.82) is 0 Å². The number of nitrogens with two attached hydrogens (primary N) is 1. The third-order valence-corrected chi connectivity index (χ3v) is 3.92. The van der Waals surface area contributed by atoms with E-state index < -0.39 is 0 Å². The van der Waals surface area contributed by atoms with Gasteiger partial charge in [0.15, 0.2) is 0 Å². The molecule has 0 unspecified atom stereocenters. The van der Waals surface area contributed by atoms with Crippen LogP contribution < -0.4 is 11.4 Å². The molecule has 0 saturated heterocycles. The zero-order chi connectivity index (χ0) is 14.8. The Kier molecular flexibility index (Phi) is 3.66. The summed E-state index contributed by atoms with van der Waals surface area (Å²) >= 11 is 1.57. The maximum Gasteiger partial charge on any atom is 0.336 e. The van der Waals surface area contributed by atoms with Crippen LogP contribution in [0.15, 0.2) is 37.9 Å². The minimum absolute atomic E-state index is 0.0621. The maximum atomic E-state index is 11.6. The highest BCUT2D eigenvalue weighted by Gasteiger charge is 2.08. The van der Waals surface area contributed by atoms with E-state index in [0.717, 1.165) is 16.5 Å². The summed E-state index contributed by atoms with van der Waals surface area (Å²) in [5.41, 5.74) is 7.68. The van der Waals surface area contributed by atoms with Crippen LogP contribution >= 0.6 is 11.8 Å². The Balaban J connectivity index is 1.82. The fourth-order valence-corrected chi connectivity index (χ4v) is 2.89. The molecule has 108 valence electrons. The van der Waals surface area contributed by atoms with E-state index in [1.54, 1.807) is 11.8 Å². The Morgan fingerprint density at radius 3 is 2.81 bits per heavy atom. The number of thioether (sulfide) groups is 1. The Morgan fingerprint density at radius 1 is 1.19 bits per heavy atom. The van der Waals surface area contributed by atoms with E-state index in [-0.39, 0.29) is 11.6 Å². The highest BCUT2D eigenvalue weighted by molar-refractivity contribution is 7.97. The van der Waals surface area contributed by atoms with Crippen molar-refractivity contribution < 1.29 is 8.83 Å². The zero-order valence-corrected chi connectivity index (χ0v) is 12.1. The fraction of sp³-hybridized carbons (Fsp3) is 0.214. The molecule has 2 N–H and O–H groups in total. The summed E-state index contributed by atoms with van der Waals surface area (Å²) in [7, 11) is 0. The van der Waals surface area contributed by atoms with Crippen molar-refractivity contribution in [2.24, 2.45) is 0 Å². The van der Waals surface area contributed by atoms with Gasteiger partial charge in [0.05, 0.1) is 5.75 Å². The number of hydrogen-bond acceptors (Lipinski definition) is 7. The zero-order valence-electron chi connectivity index (χ0n) is 11.3. The Bertz CT molecular complexity index is 841. The molecule has 0 saturated carbocycles. The molecule has 0 atom stereocenters. The van der Waals surface area contributed by atoms with Crippen molar-refractivity contribution in [3.8, 4) is 0 Å². The predicted molar refractivity (Wildman–Crippen MR) is 80.9 cm³/mol. The normalized spacial score (nSPS) is 11.1. The van der Waals surface area contributed by atoms with Crippen molar-refractivity contribution in [3.05, 3.63) is 51.7 Å². The number of aromatic nitrogens is 2. The van der Waals surface area contributed by atoms with Crippen LogP contribution in [0, 0.1) is 6.92 Å². The number of anilines is 1. The smallest absolute Gasteiger partial charge is 0.336 e. The molecule has 0 bridgehead atoms. The van der Waals surface area contributed by atoms with Crippen LogP contribution in [-0.2, 0) is 11.5 Å². The average molecular weight is 303 g/mol. The standard InChI is InChI=1S/C14H13N3O3S/c1-8-2-3-11-10(4-8)9(5-13(18)19-11)6-21-7-12-16-17-14(15)20-12/h2-5H,6-7H2,1H3,(H2,15,17). The molecular formula is C14H13N3O3S. The van der Waals surface area contributed by atoms with Crippen LogP contribution in [0.2, 0.25) is 0 Å². The molecule has 1 aromatic carbocycles. The second kappa shape index (κ2) is 5.61. The van der Waals surface area contributed by atoms with Crippen molar-refractivity contribution in [2.75, 3.05) is 5.73 Å². The van der Waals surface area contributed by atoms with E-state index >= 15 is 0 Å². The first-order valence-corrected chi connectivity index (χ1v) is 7.46. The third kappa shape index (κ3) is 3.08. The molecule has 0 spiro atoms. The number of rotatable bonds is 4. The second-order valence-electron chi connectivity index (χ2n) is 4.62. The van der Waals surface area contributed by atoms with E-state index in [0.29, 0.717) is 23.0 Å². The minimum Gasteiger partial charge on any atom is -0.423 e. The molecule has 3 aromatic rings. The lowest BCUT2D eigenvalue weighted by atomic mass is 10.1. The van der Waals surface area contributed by atoms with Crippen LogP contribution in [0.5, 0.6) is 0 Å². The van der Waals surface area contributed by atoms with Gasteiger partial charge in [-0.1, -0.05) is 16.7 Å². The first kappa shape index (κ1) is 13.7. The Labute approximate surface area is 124 Å². The van der Waals surface area contributed by atoms with Gasteiger partial charge in [-0.15, -0.1) is 16.9 Å². The number of fused-ring (bicyclic) bond motifs is 1. The van der Waals surface area contributed by atoms with Crippen LogP contribution in [0.4, 0.5) is 6.01 Å². The molecule has 21 heavy (non-hydrogen) atoms. The first-order chi connectivity index (χ1) is 10.1. The molecular weight excluding hydrogens is 290 g/mol.